The van der Waals surface area contributed by atoms with Gasteiger partial charge in [0.05, 0.1) is 0 Å². The number of benzene rings is 1. The third-order valence-electron chi connectivity index (χ3n) is 3.98. The van der Waals surface area contributed by atoms with Crippen molar-refractivity contribution in [3.8, 4) is 0 Å². The molecular formula is C15H24N2. The first kappa shape index (κ1) is 12.6. The molecule has 0 aliphatic heterocycles. The first-order valence-electron chi connectivity index (χ1n) is 6.67. The third-order valence-corrected chi connectivity index (χ3v) is 3.98. The summed E-state index contributed by atoms with van der Waals surface area (Å²) in [4.78, 5) is 2.32. The van der Waals surface area contributed by atoms with Crippen LogP contribution in [0.15, 0.2) is 30.3 Å². The Kier molecular flexibility index (Phi) is 4.19. The largest absolute Gasteiger partial charge is 0.327 e. The molecule has 1 saturated carbocycles. The highest BCUT2D eigenvalue weighted by molar-refractivity contribution is 5.20. The molecule has 0 saturated heterocycles. The Labute approximate surface area is 105 Å². The van der Waals surface area contributed by atoms with Crippen LogP contribution in [0.3, 0.4) is 0 Å². The van der Waals surface area contributed by atoms with E-state index >= 15 is 0 Å². The molecule has 1 aromatic rings. The van der Waals surface area contributed by atoms with Gasteiger partial charge in [0, 0.05) is 12.1 Å². The van der Waals surface area contributed by atoms with Gasteiger partial charge in [-0.3, -0.25) is 0 Å². The van der Waals surface area contributed by atoms with E-state index in [1.54, 1.807) is 0 Å². The van der Waals surface area contributed by atoms with Gasteiger partial charge in [-0.05, 0) is 38.4 Å². The molecule has 0 heterocycles. The minimum absolute atomic E-state index is 0.358. The highest BCUT2D eigenvalue weighted by atomic mass is 15.1. The van der Waals surface area contributed by atoms with Crippen LogP contribution in [0.4, 0.5) is 0 Å². The van der Waals surface area contributed by atoms with Gasteiger partial charge < -0.3 is 10.6 Å². The molecule has 17 heavy (non-hydrogen) atoms. The molecule has 1 aliphatic rings. The van der Waals surface area contributed by atoms with Crippen molar-refractivity contribution in [2.45, 2.75) is 37.8 Å². The quantitative estimate of drug-likeness (QED) is 0.868. The molecule has 0 bridgehead atoms. The van der Waals surface area contributed by atoms with Gasteiger partial charge in [-0.15, -0.1) is 0 Å². The van der Waals surface area contributed by atoms with Crippen molar-refractivity contribution in [3.63, 3.8) is 0 Å². The summed E-state index contributed by atoms with van der Waals surface area (Å²) in [5.41, 5.74) is 7.73. The Morgan fingerprint density at radius 3 is 2.35 bits per heavy atom. The number of nitrogens with zero attached hydrogens (tertiary/aromatic N) is 1. The van der Waals surface area contributed by atoms with Crippen molar-refractivity contribution >= 4 is 0 Å². The van der Waals surface area contributed by atoms with E-state index in [0.717, 1.165) is 0 Å². The molecule has 0 radical (unpaired) electrons. The molecule has 1 aromatic carbocycles. The lowest BCUT2D eigenvalue weighted by atomic mass is 9.77. The summed E-state index contributed by atoms with van der Waals surface area (Å²) < 4.78 is 0. The van der Waals surface area contributed by atoms with Crippen molar-refractivity contribution in [1.29, 1.82) is 0 Å². The summed E-state index contributed by atoms with van der Waals surface area (Å²) in [7, 11) is 4.33. The highest BCUT2D eigenvalue weighted by Crippen LogP contribution is 2.36. The SMILES string of the molecule is CN(C)C(c1ccccc1)C1CCCCC1N. The Bertz CT molecular complexity index is 334. The van der Waals surface area contributed by atoms with E-state index in [4.69, 9.17) is 5.73 Å². The molecule has 1 aliphatic carbocycles. The van der Waals surface area contributed by atoms with Crippen molar-refractivity contribution < 1.29 is 0 Å². The van der Waals surface area contributed by atoms with Crippen LogP contribution in [-0.4, -0.2) is 25.0 Å². The maximum atomic E-state index is 6.33. The average molecular weight is 232 g/mol. The van der Waals surface area contributed by atoms with Crippen molar-refractivity contribution in [3.05, 3.63) is 35.9 Å². The minimum atomic E-state index is 0.358. The van der Waals surface area contributed by atoms with Crippen LogP contribution in [-0.2, 0) is 0 Å². The lowest BCUT2D eigenvalue weighted by Crippen LogP contribution is -2.41. The predicted octanol–water partition coefficient (Wildman–Crippen LogP) is 2.81. The van der Waals surface area contributed by atoms with Gasteiger partial charge in [0.1, 0.15) is 0 Å². The predicted molar refractivity (Wildman–Crippen MR) is 72.8 cm³/mol. The maximum absolute atomic E-state index is 6.33. The van der Waals surface area contributed by atoms with Gasteiger partial charge in [0.25, 0.3) is 0 Å². The van der Waals surface area contributed by atoms with Crippen molar-refractivity contribution in [2.75, 3.05) is 14.1 Å². The van der Waals surface area contributed by atoms with Gasteiger partial charge in [0.15, 0.2) is 0 Å². The van der Waals surface area contributed by atoms with Crippen molar-refractivity contribution in [1.82, 2.24) is 4.90 Å². The molecule has 0 spiro atoms. The second-order valence-corrected chi connectivity index (χ2v) is 5.43. The first-order chi connectivity index (χ1) is 8.20. The molecule has 0 aromatic heterocycles. The summed E-state index contributed by atoms with van der Waals surface area (Å²) in [5.74, 6) is 0.598. The normalized spacial score (nSPS) is 27.1. The minimum Gasteiger partial charge on any atom is -0.327 e. The lowest BCUT2D eigenvalue weighted by molar-refractivity contribution is 0.151. The van der Waals surface area contributed by atoms with Crippen LogP contribution in [0.25, 0.3) is 0 Å². The van der Waals surface area contributed by atoms with Gasteiger partial charge >= 0.3 is 0 Å². The lowest BCUT2D eigenvalue weighted by Gasteiger charge is -2.39. The van der Waals surface area contributed by atoms with E-state index in [-0.39, 0.29) is 0 Å². The highest BCUT2D eigenvalue weighted by Gasteiger charge is 2.31. The number of hydrogen-bond donors (Lipinski definition) is 1. The molecule has 94 valence electrons. The average Bonchev–Trinajstić information content (AvgIpc) is 2.33. The van der Waals surface area contributed by atoms with Gasteiger partial charge in [-0.2, -0.15) is 0 Å². The van der Waals surface area contributed by atoms with E-state index in [9.17, 15) is 0 Å². The summed E-state index contributed by atoms with van der Waals surface area (Å²) >= 11 is 0. The fourth-order valence-corrected chi connectivity index (χ4v) is 3.16. The molecule has 2 nitrogen and oxygen atoms in total. The van der Waals surface area contributed by atoms with Crippen LogP contribution in [0, 0.1) is 5.92 Å². The molecule has 3 atom stereocenters. The topological polar surface area (TPSA) is 29.3 Å². The Hall–Kier alpha value is -0.860. The smallest absolute Gasteiger partial charge is 0.0384 e. The zero-order chi connectivity index (χ0) is 12.3. The number of nitrogens with two attached hydrogens (primary N) is 1. The Morgan fingerprint density at radius 2 is 1.76 bits per heavy atom. The van der Waals surface area contributed by atoms with Crippen LogP contribution >= 0.6 is 0 Å². The van der Waals surface area contributed by atoms with Gasteiger partial charge in [-0.1, -0.05) is 43.2 Å². The maximum Gasteiger partial charge on any atom is 0.0384 e. The first-order valence-corrected chi connectivity index (χ1v) is 6.67. The summed E-state index contributed by atoms with van der Waals surface area (Å²) in [6, 6.07) is 11.6. The summed E-state index contributed by atoms with van der Waals surface area (Å²) in [5, 5.41) is 0. The monoisotopic (exact) mass is 232 g/mol. The third kappa shape index (κ3) is 2.88. The van der Waals surface area contributed by atoms with Crippen LogP contribution < -0.4 is 5.73 Å². The second-order valence-electron chi connectivity index (χ2n) is 5.43. The molecule has 2 rings (SSSR count). The number of hydrogen-bond acceptors (Lipinski definition) is 2. The van der Waals surface area contributed by atoms with E-state index in [0.29, 0.717) is 18.0 Å². The Morgan fingerprint density at radius 1 is 1.12 bits per heavy atom. The molecule has 0 amide bonds. The zero-order valence-corrected chi connectivity index (χ0v) is 11.0. The van der Waals surface area contributed by atoms with Gasteiger partial charge in [0.2, 0.25) is 0 Å². The van der Waals surface area contributed by atoms with E-state index in [2.05, 4.69) is 49.3 Å². The standard InChI is InChI=1S/C15H24N2/c1-17(2)15(12-8-4-3-5-9-12)13-10-6-7-11-14(13)16/h3-5,8-9,13-15H,6-7,10-11,16H2,1-2H3. The van der Waals surface area contributed by atoms with E-state index < -0.39 is 0 Å². The van der Waals surface area contributed by atoms with Crippen LogP contribution in [0.5, 0.6) is 0 Å². The van der Waals surface area contributed by atoms with E-state index in [1.807, 2.05) is 0 Å². The number of rotatable bonds is 3. The van der Waals surface area contributed by atoms with Crippen LogP contribution in [0.1, 0.15) is 37.3 Å². The summed E-state index contributed by atoms with van der Waals surface area (Å²) in [6.45, 7) is 0. The molecule has 3 unspecified atom stereocenters. The van der Waals surface area contributed by atoms with Crippen molar-refractivity contribution in [2.24, 2.45) is 11.7 Å². The summed E-state index contributed by atoms with van der Waals surface area (Å²) in [6.07, 6.45) is 5.07. The fraction of sp³-hybridized carbons (Fsp3) is 0.600. The van der Waals surface area contributed by atoms with E-state index in [1.165, 1.54) is 31.2 Å². The molecule has 1 fully saturated rings. The molecule has 2 N–H and O–H groups in total. The van der Waals surface area contributed by atoms with Crippen LogP contribution in [0.2, 0.25) is 0 Å². The Balaban J connectivity index is 2.22. The second kappa shape index (κ2) is 5.65. The zero-order valence-electron chi connectivity index (χ0n) is 11.0. The molecule has 2 heteroatoms. The molecular weight excluding hydrogens is 208 g/mol. The van der Waals surface area contributed by atoms with Gasteiger partial charge in [-0.25, -0.2) is 0 Å². The fourth-order valence-electron chi connectivity index (χ4n) is 3.16.